The average molecular weight is 252 g/mol. The van der Waals surface area contributed by atoms with Crippen LogP contribution in [0.25, 0.3) is 0 Å². The highest BCUT2D eigenvalue weighted by atomic mass is 14.3. The number of rotatable bonds is 5. The van der Waals surface area contributed by atoms with Gasteiger partial charge in [0.2, 0.25) is 0 Å². The summed E-state index contributed by atoms with van der Waals surface area (Å²) in [7, 11) is 0. The lowest BCUT2D eigenvalue weighted by Gasteiger charge is -2.33. The summed E-state index contributed by atoms with van der Waals surface area (Å²) < 4.78 is 0. The summed E-state index contributed by atoms with van der Waals surface area (Å²) in [4.78, 5) is 0. The third kappa shape index (κ3) is 3.14. The highest BCUT2D eigenvalue weighted by Gasteiger charge is 2.30. The molecule has 0 bridgehead atoms. The Bertz CT molecular complexity index is 514. The van der Waals surface area contributed by atoms with Gasteiger partial charge in [-0.1, -0.05) is 72.9 Å². The molecule has 0 radical (unpaired) electrons. The zero-order valence-corrected chi connectivity index (χ0v) is 12.5. The summed E-state index contributed by atoms with van der Waals surface area (Å²) in [6, 6.07) is 10.5. The molecule has 0 saturated carbocycles. The van der Waals surface area contributed by atoms with E-state index in [-0.39, 0.29) is 5.41 Å². The molecule has 0 aliphatic heterocycles. The molecule has 0 aliphatic rings. The molecule has 0 N–H and O–H groups in total. The van der Waals surface area contributed by atoms with E-state index >= 15 is 0 Å². The Morgan fingerprint density at radius 2 is 1.74 bits per heavy atom. The second-order valence-electron chi connectivity index (χ2n) is 5.08. The van der Waals surface area contributed by atoms with E-state index in [2.05, 4.69) is 77.3 Å². The molecule has 1 atom stereocenters. The Hall–Kier alpha value is -1.82. The van der Waals surface area contributed by atoms with Gasteiger partial charge in [0.25, 0.3) is 0 Å². The Morgan fingerprint density at radius 3 is 2.21 bits per heavy atom. The van der Waals surface area contributed by atoms with Crippen LogP contribution in [0.2, 0.25) is 0 Å². The van der Waals surface area contributed by atoms with E-state index in [4.69, 9.17) is 0 Å². The van der Waals surface area contributed by atoms with Crippen molar-refractivity contribution in [1.29, 1.82) is 0 Å². The number of hydrogen-bond acceptors (Lipinski definition) is 0. The number of benzene rings is 1. The monoisotopic (exact) mass is 252 g/mol. The molecule has 1 rings (SSSR count). The Balaban J connectivity index is 3.38. The van der Waals surface area contributed by atoms with E-state index in [1.807, 2.05) is 12.1 Å². The van der Waals surface area contributed by atoms with Gasteiger partial charge in [-0.2, -0.15) is 0 Å². The predicted molar refractivity (Wildman–Crippen MR) is 86.3 cm³/mol. The fraction of sp³-hybridized carbons (Fsp3) is 0.263. The SMILES string of the molecule is C=C/C(C)=C\C(=C)C(C)(/C(C)=C/C)c1ccccc1. The van der Waals surface area contributed by atoms with Gasteiger partial charge < -0.3 is 0 Å². The summed E-state index contributed by atoms with van der Waals surface area (Å²) in [6.07, 6.45) is 6.14. The van der Waals surface area contributed by atoms with Crippen molar-refractivity contribution in [2.75, 3.05) is 0 Å². The maximum Gasteiger partial charge on any atom is 0.0374 e. The van der Waals surface area contributed by atoms with Gasteiger partial charge in [-0.15, -0.1) is 0 Å². The molecular formula is C19H24. The van der Waals surface area contributed by atoms with Crippen molar-refractivity contribution in [3.8, 4) is 0 Å². The van der Waals surface area contributed by atoms with Crippen LogP contribution in [0.15, 0.2) is 78.4 Å². The lowest BCUT2D eigenvalue weighted by Crippen LogP contribution is -2.25. The zero-order valence-electron chi connectivity index (χ0n) is 12.5. The molecule has 0 nitrogen and oxygen atoms in total. The van der Waals surface area contributed by atoms with Gasteiger partial charge >= 0.3 is 0 Å². The van der Waals surface area contributed by atoms with Gasteiger partial charge in [0.1, 0.15) is 0 Å². The lowest BCUT2D eigenvalue weighted by atomic mass is 9.70. The molecule has 0 saturated heterocycles. The van der Waals surface area contributed by atoms with Crippen LogP contribution in [0.4, 0.5) is 0 Å². The molecule has 0 amide bonds. The maximum atomic E-state index is 4.30. The molecule has 1 aromatic carbocycles. The van der Waals surface area contributed by atoms with E-state index in [0.29, 0.717) is 0 Å². The fourth-order valence-electron chi connectivity index (χ4n) is 2.20. The normalized spacial score (nSPS) is 15.8. The molecule has 1 unspecified atom stereocenters. The van der Waals surface area contributed by atoms with Crippen LogP contribution in [0.3, 0.4) is 0 Å². The zero-order chi connectivity index (χ0) is 14.5. The molecule has 1 aromatic rings. The topological polar surface area (TPSA) is 0 Å². The second-order valence-corrected chi connectivity index (χ2v) is 5.08. The first kappa shape index (κ1) is 15.2. The predicted octanol–water partition coefficient (Wildman–Crippen LogP) is 5.60. The summed E-state index contributed by atoms with van der Waals surface area (Å²) in [5, 5.41) is 0. The maximum absolute atomic E-state index is 4.30. The summed E-state index contributed by atoms with van der Waals surface area (Å²) >= 11 is 0. The van der Waals surface area contributed by atoms with E-state index < -0.39 is 0 Å². The van der Waals surface area contributed by atoms with E-state index in [1.165, 1.54) is 11.1 Å². The van der Waals surface area contributed by atoms with Crippen LogP contribution >= 0.6 is 0 Å². The van der Waals surface area contributed by atoms with Crippen molar-refractivity contribution >= 4 is 0 Å². The van der Waals surface area contributed by atoms with Crippen LogP contribution in [0, 0.1) is 0 Å². The minimum absolute atomic E-state index is 0.166. The minimum Gasteiger partial charge on any atom is -0.0988 e. The number of hydrogen-bond donors (Lipinski definition) is 0. The third-order valence-electron chi connectivity index (χ3n) is 3.94. The molecular weight excluding hydrogens is 228 g/mol. The molecule has 0 heterocycles. The van der Waals surface area contributed by atoms with Gasteiger partial charge in [0.05, 0.1) is 0 Å². The summed E-state index contributed by atoms with van der Waals surface area (Å²) in [6.45, 7) is 16.6. The van der Waals surface area contributed by atoms with Gasteiger partial charge in [0, 0.05) is 5.41 Å². The van der Waals surface area contributed by atoms with Gasteiger partial charge in [-0.25, -0.2) is 0 Å². The molecule has 0 aromatic heterocycles. The molecule has 0 heteroatoms. The second kappa shape index (κ2) is 6.38. The van der Waals surface area contributed by atoms with E-state index in [0.717, 1.165) is 11.1 Å². The fourth-order valence-corrected chi connectivity index (χ4v) is 2.20. The highest BCUT2D eigenvalue weighted by molar-refractivity contribution is 5.49. The first-order valence-electron chi connectivity index (χ1n) is 6.65. The van der Waals surface area contributed by atoms with Gasteiger partial charge in [-0.05, 0) is 38.8 Å². The van der Waals surface area contributed by atoms with Crippen LogP contribution in [-0.4, -0.2) is 0 Å². The van der Waals surface area contributed by atoms with Crippen molar-refractivity contribution < 1.29 is 0 Å². The Kier molecular flexibility index (Phi) is 5.11. The number of allylic oxidation sites excluding steroid dienone is 6. The van der Waals surface area contributed by atoms with Gasteiger partial charge in [0.15, 0.2) is 0 Å². The first-order valence-corrected chi connectivity index (χ1v) is 6.65. The van der Waals surface area contributed by atoms with Crippen LogP contribution in [0.5, 0.6) is 0 Å². The van der Waals surface area contributed by atoms with Gasteiger partial charge in [-0.3, -0.25) is 0 Å². The average Bonchev–Trinajstić information content (AvgIpc) is 2.45. The Morgan fingerprint density at radius 1 is 1.16 bits per heavy atom. The van der Waals surface area contributed by atoms with E-state index in [9.17, 15) is 0 Å². The Labute approximate surface area is 117 Å². The van der Waals surface area contributed by atoms with Crippen molar-refractivity contribution in [1.82, 2.24) is 0 Å². The molecule has 0 aliphatic carbocycles. The van der Waals surface area contributed by atoms with Crippen molar-refractivity contribution in [2.45, 2.75) is 33.1 Å². The molecule has 19 heavy (non-hydrogen) atoms. The molecule has 0 spiro atoms. The summed E-state index contributed by atoms with van der Waals surface area (Å²) in [5.41, 5.74) is 4.63. The first-order chi connectivity index (χ1) is 8.96. The summed E-state index contributed by atoms with van der Waals surface area (Å²) in [5.74, 6) is 0. The van der Waals surface area contributed by atoms with Crippen LogP contribution < -0.4 is 0 Å². The minimum atomic E-state index is -0.166. The molecule has 0 fully saturated rings. The largest absolute Gasteiger partial charge is 0.0988 e. The van der Waals surface area contributed by atoms with Crippen molar-refractivity contribution in [3.05, 3.63) is 84.0 Å². The highest BCUT2D eigenvalue weighted by Crippen LogP contribution is 2.39. The van der Waals surface area contributed by atoms with Crippen LogP contribution in [-0.2, 0) is 5.41 Å². The smallest absolute Gasteiger partial charge is 0.0374 e. The van der Waals surface area contributed by atoms with Crippen molar-refractivity contribution in [3.63, 3.8) is 0 Å². The van der Waals surface area contributed by atoms with E-state index in [1.54, 1.807) is 0 Å². The van der Waals surface area contributed by atoms with Crippen LogP contribution in [0.1, 0.15) is 33.3 Å². The standard InChI is InChI=1S/C19H24/c1-7-15(3)14-17(5)19(6,16(4)8-2)18-12-10-9-11-13-18/h7-14H,1,5H2,2-4,6H3/b15-14-,16-8+. The third-order valence-corrected chi connectivity index (χ3v) is 3.94. The quantitative estimate of drug-likeness (QED) is 0.472. The lowest BCUT2D eigenvalue weighted by molar-refractivity contribution is 0.672. The molecule has 100 valence electrons. The van der Waals surface area contributed by atoms with Crippen molar-refractivity contribution in [2.24, 2.45) is 0 Å².